The van der Waals surface area contributed by atoms with Crippen LogP contribution in [0.25, 0.3) is 0 Å². The SMILES string of the molecule is Cc1cc(Oc2ncccc2C#N)ccc1NC(=O)C1CC(=O)N(c2ccc3c(c2)OCCO3)C1. The van der Waals surface area contributed by atoms with Gasteiger partial charge in [-0.15, -0.1) is 0 Å². The minimum atomic E-state index is -0.488. The fourth-order valence-corrected chi connectivity index (χ4v) is 4.08. The molecule has 0 spiro atoms. The highest BCUT2D eigenvalue weighted by Gasteiger charge is 2.35. The van der Waals surface area contributed by atoms with E-state index >= 15 is 0 Å². The summed E-state index contributed by atoms with van der Waals surface area (Å²) in [6, 6.07) is 15.9. The number of carbonyl (C=O) groups is 2. The summed E-state index contributed by atoms with van der Waals surface area (Å²) in [5, 5.41) is 12.1. The number of nitriles is 1. The van der Waals surface area contributed by atoms with Crippen molar-refractivity contribution in [3.63, 3.8) is 0 Å². The maximum atomic E-state index is 13.0. The largest absolute Gasteiger partial charge is 0.486 e. The number of anilines is 2. The number of nitrogens with one attached hydrogen (secondary N) is 1. The number of pyridine rings is 1. The first kappa shape index (κ1) is 22.2. The first-order chi connectivity index (χ1) is 17.0. The Labute approximate surface area is 201 Å². The van der Waals surface area contributed by atoms with Crippen LogP contribution in [0.15, 0.2) is 54.7 Å². The van der Waals surface area contributed by atoms with Crippen LogP contribution in [-0.4, -0.2) is 36.6 Å². The van der Waals surface area contributed by atoms with Crippen molar-refractivity contribution in [2.45, 2.75) is 13.3 Å². The lowest BCUT2D eigenvalue weighted by molar-refractivity contribution is -0.122. The molecule has 0 saturated carbocycles. The van der Waals surface area contributed by atoms with Gasteiger partial charge in [0, 0.05) is 36.6 Å². The van der Waals surface area contributed by atoms with E-state index in [1.54, 1.807) is 59.6 Å². The Balaban J connectivity index is 1.25. The van der Waals surface area contributed by atoms with E-state index in [9.17, 15) is 14.9 Å². The molecule has 2 aliphatic heterocycles. The van der Waals surface area contributed by atoms with Gasteiger partial charge in [-0.2, -0.15) is 5.26 Å². The van der Waals surface area contributed by atoms with E-state index in [0.29, 0.717) is 47.4 Å². The van der Waals surface area contributed by atoms with Gasteiger partial charge in [0.15, 0.2) is 11.5 Å². The molecule has 3 heterocycles. The van der Waals surface area contributed by atoms with Crippen molar-refractivity contribution >= 4 is 23.2 Å². The van der Waals surface area contributed by atoms with Crippen molar-refractivity contribution in [2.24, 2.45) is 5.92 Å². The van der Waals surface area contributed by atoms with Crippen molar-refractivity contribution in [3.8, 4) is 29.2 Å². The molecule has 0 radical (unpaired) electrons. The lowest BCUT2D eigenvalue weighted by atomic mass is 10.1. The predicted octanol–water partition coefficient (Wildman–Crippen LogP) is 3.82. The van der Waals surface area contributed by atoms with Gasteiger partial charge in [-0.3, -0.25) is 9.59 Å². The Kier molecular flexibility index (Phi) is 5.94. The zero-order valence-corrected chi connectivity index (χ0v) is 19.0. The van der Waals surface area contributed by atoms with E-state index in [1.807, 2.05) is 13.0 Å². The quantitative estimate of drug-likeness (QED) is 0.603. The van der Waals surface area contributed by atoms with Gasteiger partial charge < -0.3 is 24.4 Å². The van der Waals surface area contributed by atoms with Gasteiger partial charge in [0.25, 0.3) is 0 Å². The predicted molar refractivity (Wildman–Crippen MR) is 127 cm³/mol. The summed E-state index contributed by atoms with van der Waals surface area (Å²) in [6.07, 6.45) is 1.67. The summed E-state index contributed by atoms with van der Waals surface area (Å²) in [5.41, 5.74) is 2.40. The molecule has 0 aliphatic carbocycles. The number of fused-ring (bicyclic) bond motifs is 1. The molecule has 1 N–H and O–H groups in total. The number of nitrogens with zero attached hydrogens (tertiary/aromatic N) is 3. The van der Waals surface area contributed by atoms with Gasteiger partial charge >= 0.3 is 0 Å². The third kappa shape index (κ3) is 4.59. The summed E-state index contributed by atoms with van der Waals surface area (Å²) in [4.78, 5) is 31.3. The average molecular weight is 470 g/mol. The molecule has 1 saturated heterocycles. The van der Waals surface area contributed by atoms with Crippen LogP contribution in [0.5, 0.6) is 23.1 Å². The molecule has 2 amide bonds. The summed E-state index contributed by atoms with van der Waals surface area (Å²) >= 11 is 0. The van der Waals surface area contributed by atoms with Crippen LogP contribution in [0.1, 0.15) is 17.5 Å². The molecular formula is C26H22N4O5. The molecule has 5 rings (SSSR count). The van der Waals surface area contributed by atoms with Crippen LogP contribution >= 0.6 is 0 Å². The fraction of sp³-hybridized carbons (Fsp3) is 0.231. The van der Waals surface area contributed by atoms with Crippen LogP contribution in [0.4, 0.5) is 11.4 Å². The van der Waals surface area contributed by atoms with Gasteiger partial charge in [0.05, 0.1) is 5.92 Å². The molecule has 176 valence electrons. The van der Waals surface area contributed by atoms with E-state index in [-0.39, 0.29) is 30.7 Å². The van der Waals surface area contributed by atoms with E-state index in [4.69, 9.17) is 14.2 Å². The zero-order chi connectivity index (χ0) is 24.4. The molecular weight excluding hydrogens is 448 g/mol. The monoisotopic (exact) mass is 470 g/mol. The zero-order valence-electron chi connectivity index (χ0n) is 19.0. The first-order valence-corrected chi connectivity index (χ1v) is 11.2. The number of ether oxygens (including phenoxy) is 3. The van der Waals surface area contributed by atoms with Gasteiger partial charge in [-0.1, -0.05) is 0 Å². The topological polar surface area (TPSA) is 114 Å². The van der Waals surface area contributed by atoms with Gasteiger partial charge in [0.2, 0.25) is 17.7 Å². The molecule has 0 bridgehead atoms. The molecule has 1 unspecified atom stereocenters. The molecule has 2 aliphatic rings. The van der Waals surface area contributed by atoms with Crippen molar-refractivity contribution in [3.05, 3.63) is 65.9 Å². The van der Waals surface area contributed by atoms with Gasteiger partial charge in [0.1, 0.15) is 30.6 Å². The molecule has 2 aromatic carbocycles. The number of aromatic nitrogens is 1. The summed E-state index contributed by atoms with van der Waals surface area (Å²) in [5.74, 6) is 1.12. The van der Waals surface area contributed by atoms with E-state index in [1.165, 1.54) is 0 Å². The van der Waals surface area contributed by atoms with Crippen LogP contribution in [0, 0.1) is 24.2 Å². The van der Waals surface area contributed by atoms with Gasteiger partial charge in [-0.05, 0) is 55.0 Å². The second-order valence-corrected chi connectivity index (χ2v) is 8.27. The molecule has 35 heavy (non-hydrogen) atoms. The summed E-state index contributed by atoms with van der Waals surface area (Å²) in [6.45, 7) is 3.07. The van der Waals surface area contributed by atoms with Crippen LogP contribution in [0.3, 0.4) is 0 Å². The number of hydrogen-bond acceptors (Lipinski definition) is 7. The standard InChI is InChI=1S/C26H22N4O5/c1-16-11-20(35-26-17(14-27)3-2-8-28-26)5-6-21(16)29-25(32)18-12-24(31)30(15-18)19-4-7-22-23(13-19)34-10-9-33-22/h2-8,11,13,18H,9-10,12,15H2,1H3,(H,29,32). The molecule has 1 atom stereocenters. The van der Waals surface area contributed by atoms with E-state index < -0.39 is 5.92 Å². The number of benzene rings is 2. The second-order valence-electron chi connectivity index (χ2n) is 8.27. The lowest BCUT2D eigenvalue weighted by Gasteiger charge is -2.22. The number of amides is 2. The summed E-state index contributed by atoms with van der Waals surface area (Å²) in [7, 11) is 0. The number of hydrogen-bond donors (Lipinski definition) is 1. The Hall–Kier alpha value is -4.58. The first-order valence-electron chi connectivity index (χ1n) is 11.2. The van der Waals surface area contributed by atoms with Crippen molar-refractivity contribution < 1.29 is 23.8 Å². The third-order valence-corrected chi connectivity index (χ3v) is 5.90. The maximum absolute atomic E-state index is 13.0. The second kappa shape index (κ2) is 9.35. The average Bonchev–Trinajstić information content (AvgIpc) is 3.27. The van der Waals surface area contributed by atoms with Crippen molar-refractivity contribution in [1.29, 1.82) is 5.26 Å². The highest BCUT2D eigenvalue weighted by Crippen LogP contribution is 2.36. The smallest absolute Gasteiger partial charge is 0.237 e. The molecule has 1 fully saturated rings. The Morgan fingerprint density at radius 2 is 2.00 bits per heavy atom. The minimum Gasteiger partial charge on any atom is -0.486 e. The molecule has 9 heteroatoms. The Morgan fingerprint density at radius 1 is 1.17 bits per heavy atom. The van der Waals surface area contributed by atoms with E-state index in [0.717, 1.165) is 5.56 Å². The van der Waals surface area contributed by atoms with Crippen LogP contribution in [-0.2, 0) is 9.59 Å². The van der Waals surface area contributed by atoms with Gasteiger partial charge in [-0.25, -0.2) is 4.98 Å². The molecule has 1 aromatic heterocycles. The Bertz CT molecular complexity index is 1350. The lowest BCUT2D eigenvalue weighted by Crippen LogP contribution is -2.28. The number of rotatable bonds is 5. The molecule has 9 nitrogen and oxygen atoms in total. The fourth-order valence-electron chi connectivity index (χ4n) is 4.08. The van der Waals surface area contributed by atoms with Crippen LogP contribution in [0.2, 0.25) is 0 Å². The normalized spacial score (nSPS) is 16.5. The minimum absolute atomic E-state index is 0.119. The number of carbonyl (C=O) groups excluding carboxylic acids is 2. The summed E-state index contributed by atoms with van der Waals surface area (Å²) < 4.78 is 16.9. The maximum Gasteiger partial charge on any atom is 0.237 e. The Morgan fingerprint density at radius 3 is 2.80 bits per heavy atom. The number of aryl methyl sites for hydroxylation is 1. The highest BCUT2D eigenvalue weighted by atomic mass is 16.6. The third-order valence-electron chi connectivity index (χ3n) is 5.90. The van der Waals surface area contributed by atoms with Crippen molar-refractivity contribution in [1.82, 2.24) is 4.98 Å². The van der Waals surface area contributed by atoms with E-state index in [2.05, 4.69) is 10.3 Å². The van der Waals surface area contributed by atoms with Crippen LogP contribution < -0.4 is 24.4 Å². The highest BCUT2D eigenvalue weighted by molar-refractivity contribution is 6.03. The van der Waals surface area contributed by atoms with Crippen molar-refractivity contribution in [2.75, 3.05) is 30.0 Å². The molecule has 3 aromatic rings.